The van der Waals surface area contributed by atoms with Crippen molar-refractivity contribution in [3.63, 3.8) is 0 Å². The van der Waals surface area contributed by atoms with Crippen molar-refractivity contribution in [1.29, 1.82) is 0 Å². The van der Waals surface area contributed by atoms with Gasteiger partial charge in [-0.1, -0.05) is 405 Å². The zero-order valence-electron chi connectivity index (χ0n) is 56.0. The standard InChI is InChI=1S/C76H149NO5/c1-3-5-7-9-11-13-15-17-18-19-20-21-22-30-33-36-39-42-45-48-52-56-60-64-68-74(79)73(72-78)77-75(80)69-65-61-57-53-49-46-43-40-37-34-31-28-26-24-23-25-27-29-32-35-38-41-44-47-51-55-59-63-67-71-82-76(81)70-66-62-58-54-50-16-14-12-10-8-6-4-2/h64,68,73-74,78-79H,3-63,65-67,69-72H2,1-2H3,(H,77,80)/b68-64+. The summed E-state index contributed by atoms with van der Waals surface area (Å²) in [5, 5.41) is 23.3. The van der Waals surface area contributed by atoms with Crippen LogP contribution in [0.5, 0.6) is 0 Å². The smallest absolute Gasteiger partial charge is 0.305 e. The molecule has 0 spiro atoms. The van der Waals surface area contributed by atoms with Gasteiger partial charge in [-0.15, -0.1) is 0 Å². The summed E-state index contributed by atoms with van der Waals surface area (Å²) in [6.07, 6.45) is 90.3. The Bertz CT molecular complexity index is 1240. The van der Waals surface area contributed by atoms with Crippen molar-refractivity contribution in [3.8, 4) is 0 Å². The molecule has 6 heteroatoms. The van der Waals surface area contributed by atoms with Gasteiger partial charge < -0.3 is 20.3 Å². The molecule has 3 N–H and O–H groups in total. The maximum Gasteiger partial charge on any atom is 0.305 e. The second kappa shape index (κ2) is 72.1. The first-order chi connectivity index (χ1) is 40.5. The molecule has 1 amide bonds. The van der Waals surface area contributed by atoms with Crippen LogP contribution in [0.15, 0.2) is 12.2 Å². The molecular weight excluding hydrogens is 1010 g/mol. The molecule has 0 bridgehead atoms. The molecule has 0 aromatic carbocycles. The van der Waals surface area contributed by atoms with Gasteiger partial charge in [-0.3, -0.25) is 9.59 Å². The summed E-state index contributed by atoms with van der Waals surface area (Å²) in [7, 11) is 0. The molecule has 82 heavy (non-hydrogen) atoms. The Hall–Kier alpha value is -1.40. The quantitative estimate of drug-likeness (QED) is 0.0320. The number of ether oxygens (including phenoxy) is 1. The van der Waals surface area contributed by atoms with Crippen LogP contribution in [0.2, 0.25) is 0 Å². The van der Waals surface area contributed by atoms with Gasteiger partial charge in [0.15, 0.2) is 0 Å². The van der Waals surface area contributed by atoms with Crippen LogP contribution in [-0.2, 0) is 14.3 Å². The molecule has 0 aromatic rings. The maximum absolute atomic E-state index is 12.5. The van der Waals surface area contributed by atoms with Crippen molar-refractivity contribution in [2.45, 2.75) is 450 Å². The summed E-state index contributed by atoms with van der Waals surface area (Å²) in [6, 6.07) is -0.626. The first kappa shape index (κ1) is 80.6. The van der Waals surface area contributed by atoms with E-state index in [9.17, 15) is 19.8 Å². The predicted molar refractivity (Wildman–Crippen MR) is 361 cm³/mol. The molecule has 0 saturated carbocycles. The van der Waals surface area contributed by atoms with E-state index in [4.69, 9.17) is 4.74 Å². The van der Waals surface area contributed by atoms with Crippen LogP contribution < -0.4 is 5.32 Å². The summed E-state index contributed by atoms with van der Waals surface area (Å²) in [4.78, 5) is 24.6. The van der Waals surface area contributed by atoms with Gasteiger partial charge in [-0.25, -0.2) is 0 Å². The molecule has 0 saturated heterocycles. The van der Waals surface area contributed by atoms with Gasteiger partial charge in [0.2, 0.25) is 5.91 Å². The molecule has 0 fully saturated rings. The van der Waals surface area contributed by atoms with Gasteiger partial charge in [0.1, 0.15) is 0 Å². The van der Waals surface area contributed by atoms with Gasteiger partial charge in [-0.2, -0.15) is 0 Å². The summed E-state index contributed by atoms with van der Waals surface area (Å²) < 4.78 is 5.49. The van der Waals surface area contributed by atoms with E-state index in [0.29, 0.717) is 19.4 Å². The lowest BCUT2D eigenvalue weighted by Gasteiger charge is -2.20. The Morgan fingerprint density at radius 3 is 0.829 bits per heavy atom. The van der Waals surface area contributed by atoms with E-state index in [-0.39, 0.29) is 18.5 Å². The van der Waals surface area contributed by atoms with Gasteiger partial charge in [0, 0.05) is 12.8 Å². The third kappa shape index (κ3) is 67.7. The number of nitrogens with one attached hydrogen (secondary N) is 1. The lowest BCUT2D eigenvalue weighted by molar-refractivity contribution is -0.143. The van der Waals surface area contributed by atoms with Crippen LogP contribution in [-0.4, -0.2) is 47.4 Å². The molecular formula is C76H149NO5. The van der Waals surface area contributed by atoms with Crippen molar-refractivity contribution < 1.29 is 24.5 Å². The summed E-state index contributed by atoms with van der Waals surface area (Å²) in [6.45, 7) is 4.96. The summed E-state index contributed by atoms with van der Waals surface area (Å²) in [5.74, 6) is -0.0379. The molecule has 0 heterocycles. The molecule has 0 aliphatic heterocycles. The molecule has 0 aliphatic rings. The minimum atomic E-state index is -0.843. The van der Waals surface area contributed by atoms with Crippen LogP contribution in [0.1, 0.15) is 438 Å². The van der Waals surface area contributed by atoms with E-state index in [1.807, 2.05) is 6.08 Å². The highest BCUT2D eigenvalue weighted by molar-refractivity contribution is 5.76. The molecule has 6 nitrogen and oxygen atoms in total. The number of aliphatic hydroxyl groups is 2. The van der Waals surface area contributed by atoms with Crippen LogP contribution in [0.3, 0.4) is 0 Å². The number of rotatable bonds is 72. The number of carbonyl (C=O) groups is 2. The number of aliphatic hydroxyl groups excluding tert-OH is 2. The van der Waals surface area contributed by atoms with Crippen molar-refractivity contribution in [3.05, 3.63) is 12.2 Å². The third-order valence-corrected chi connectivity index (χ3v) is 18.1. The number of unbranched alkanes of at least 4 members (excludes halogenated alkanes) is 61. The van der Waals surface area contributed by atoms with Crippen LogP contribution in [0, 0.1) is 0 Å². The maximum atomic E-state index is 12.5. The van der Waals surface area contributed by atoms with E-state index >= 15 is 0 Å². The van der Waals surface area contributed by atoms with E-state index in [2.05, 4.69) is 19.2 Å². The molecule has 2 atom stereocenters. The summed E-state index contributed by atoms with van der Waals surface area (Å²) >= 11 is 0. The molecule has 488 valence electrons. The first-order valence-corrected chi connectivity index (χ1v) is 38.0. The van der Waals surface area contributed by atoms with Crippen LogP contribution in [0.25, 0.3) is 0 Å². The Morgan fingerprint density at radius 1 is 0.329 bits per heavy atom. The topological polar surface area (TPSA) is 95.9 Å². The van der Waals surface area contributed by atoms with Crippen molar-refractivity contribution in [2.75, 3.05) is 13.2 Å². The first-order valence-electron chi connectivity index (χ1n) is 38.0. The average Bonchev–Trinajstić information content (AvgIpc) is 3.48. The summed E-state index contributed by atoms with van der Waals surface area (Å²) in [5.41, 5.74) is 0. The number of esters is 1. The second-order valence-electron chi connectivity index (χ2n) is 26.4. The Balaban J connectivity index is 3.36. The van der Waals surface area contributed by atoms with Crippen molar-refractivity contribution >= 4 is 11.9 Å². The largest absolute Gasteiger partial charge is 0.466 e. The minimum Gasteiger partial charge on any atom is -0.466 e. The Kier molecular flexibility index (Phi) is 70.8. The van der Waals surface area contributed by atoms with Crippen molar-refractivity contribution in [2.24, 2.45) is 0 Å². The lowest BCUT2D eigenvalue weighted by atomic mass is 10.0. The highest BCUT2D eigenvalue weighted by atomic mass is 16.5. The van der Waals surface area contributed by atoms with Crippen LogP contribution >= 0.6 is 0 Å². The molecule has 0 aliphatic carbocycles. The SMILES string of the molecule is CCCCCCCCCCCCCCCCCCCCCCCC/C=C/C(O)C(CO)NC(=O)CCCCCCCCCCCCCCCCCCCCCCCCCCCCCCCOC(=O)CCCCCCCCCCCCCC. The van der Waals surface area contributed by atoms with Crippen molar-refractivity contribution in [1.82, 2.24) is 5.32 Å². The monoisotopic (exact) mass is 1160 g/mol. The number of amides is 1. The van der Waals surface area contributed by atoms with E-state index in [0.717, 1.165) is 38.5 Å². The normalized spacial score (nSPS) is 12.5. The zero-order chi connectivity index (χ0) is 59.2. The van der Waals surface area contributed by atoms with E-state index < -0.39 is 12.1 Å². The highest BCUT2D eigenvalue weighted by Gasteiger charge is 2.18. The highest BCUT2D eigenvalue weighted by Crippen LogP contribution is 2.20. The second-order valence-corrected chi connectivity index (χ2v) is 26.4. The zero-order valence-corrected chi connectivity index (χ0v) is 56.0. The number of hydrogen-bond acceptors (Lipinski definition) is 5. The average molecular weight is 1160 g/mol. The fraction of sp³-hybridized carbons (Fsp3) is 0.947. The number of hydrogen-bond donors (Lipinski definition) is 3. The molecule has 0 rings (SSSR count). The number of carbonyl (C=O) groups excluding carboxylic acids is 2. The fourth-order valence-corrected chi connectivity index (χ4v) is 12.3. The molecule has 0 radical (unpaired) electrons. The fourth-order valence-electron chi connectivity index (χ4n) is 12.3. The van der Waals surface area contributed by atoms with Gasteiger partial charge >= 0.3 is 5.97 Å². The Morgan fingerprint density at radius 2 is 0.561 bits per heavy atom. The van der Waals surface area contributed by atoms with Crippen LogP contribution in [0.4, 0.5) is 0 Å². The molecule has 2 unspecified atom stereocenters. The van der Waals surface area contributed by atoms with Gasteiger partial charge in [-0.05, 0) is 32.1 Å². The Labute approximate surface area is 514 Å². The van der Waals surface area contributed by atoms with Gasteiger partial charge in [0.25, 0.3) is 0 Å². The minimum absolute atomic E-state index is 0.0210. The lowest BCUT2D eigenvalue weighted by Crippen LogP contribution is -2.45. The molecule has 0 aromatic heterocycles. The number of allylic oxidation sites excluding steroid dienone is 1. The van der Waals surface area contributed by atoms with E-state index in [1.54, 1.807) is 6.08 Å². The predicted octanol–water partition coefficient (Wildman–Crippen LogP) is 24.7. The van der Waals surface area contributed by atoms with E-state index in [1.165, 1.54) is 372 Å². The van der Waals surface area contributed by atoms with Gasteiger partial charge in [0.05, 0.1) is 25.4 Å². The third-order valence-electron chi connectivity index (χ3n) is 18.1.